The van der Waals surface area contributed by atoms with Gasteiger partial charge in [-0.25, -0.2) is 27.4 Å². The Morgan fingerprint density at radius 3 is 2.59 bits per heavy atom. The van der Waals surface area contributed by atoms with Crippen LogP contribution in [0.3, 0.4) is 0 Å². The van der Waals surface area contributed by atoms with Crippen LogP contribution in [0, 0.1) is 11.6 Å². The normalized spacial score (nSPS) is 11.0. The third-order valence-corrected chi connectivity index (χ3v) is 2.92. The van der Waals surface area contributed by atoms with E-state index in [4.69, 9.17) is 0 Å². The maximum Gasteiger partial charge on any atom is 0.422 e. The number of carbonyl (C=O) groups excluding carboxylic acids is 1. The van der Waals surface area contributed by atoms with Gasteiger partial charge in [0.15, 0.2) is 0 Å². The van der Waals surface area contributed by atoms with E-state index in [1.165, 1.54) is 4.83 Å². The standard InChI is InChI=1S/C8H8F2N2O4S/c1-16-8(13)11-12-17(14,15)7-4-5(9)2-3-6(7)10/h2-4,12H,1H3,(H,11,13). The predicted molar refractivity (Wildman–Crippen MR) is 52.2 cm³/mol. The van der Waals surface area contributed by atoms with Gasteiger partial charge < -0.3 is 4.74 Å². The molecule has 0 saturated carbocycles. The van der Waals surface area contributed by atoms with E-state index in [0.29, 0.717) is 12.1 Å². The van der Waals surface area contributed by atoms with E-state index in [1.807, 2.05) is 0 Å². The lowest BCUT2D eigenvalue weighted by atomic mass is 10.3. The lowest BCUT2D eigenvalue weighted by molar-refractivity contribution is 0.169. The van der Waals surface area contributed by atoms with Crippen LogP contribution in [-0.2, 0) is 14.8 Å². The second-order valence-corrected chi connectivity index (χ2v) is 4.45. The van der Waals surface area contributed by atoms with Gasteiger partial charge in [0.2, 0.25) is 0 Å². The molecule has 0 atom stereocenters. The summed E-state index contributed by atoms with van der Waals surface area (Å²) in [6, 6.07) is 1.90. The zero-order valence-electron chi connectivity index (χ0n) is 8.53. The van der Waals surface area contributed by atoms with Gasteiger partial charge in [0.25, 0.3) is 10.0 Å². The van der Waals surface area contributed by atoms with Crippen molar-refractivity contribution in [2.24, 2.45) is 0 Å². The molecule has 0 aliphatic carbocycles. The number of methoxy groups -OCH3 is 1. The number of carbonyl (C=O) groups is 1. The lowest BCUT2D eigenvalue weighted by Crippen LogP contribution is -2.41. The molecule has 0 unspecified atom stereocenters. The minimum absolute atomic E-state index is 0.483. The number of hydrogen-bond donors (Lipinski definition) is 2. The monoisotopic (exact) mass is 266 g/mol. The fraction of sp³-hybridized carbons (Fsp3) is 0.125. The largest absolute Gasteiger partial charge is 0.452 e. The molecule has 0 saturated heterocycles. The number of rotatable bonds is 3. The first kappa shape index (κ1) is 13.3. The molecule has 1 aromatic rings. The van der Waals surface area contributed by atoms with Crippen LogP contribution >= 0.6 is 0 Å². The summed E-state index contributed by atoms with van der Waals surface area (Å²) in [4.78, 5) is 11.2. The Hall–Kier alpha value is -1.74. The fourth-order valence-electron chi connectivity index (χ4n) is 0.898. The van der Waals surface area contributed by atoms with Crippen molar-refractivity contribution in [2.45, 2.75) is 4.90 Å². The van der Waals surface area contributed by atoms with Crippen LogP contribution in [0.15, 0.2) is 23.1 Å². The van der Waals surface area contributed by atoms with Crippen LogP contribution in [0.2, 0.25) is 0 Å². The van der Waals surface area contributed by atoms with Crippen molar-refractivity contribution >= 4 is 16.1 Å². The highest BCUT2D eigenvalue weighted by molar-refractivity contribution is 7.89. The molecule has 0 aromatic heterocycles. The summed E-state index contributed by atoms with van der Waals surface area (Å²) in [6.45, 7) is 0. The molecule has 9 heteroatoms. The van der Waals surface area contributed by atoms with Crippen molar-refractivity contribution in [2.75, 3.05) is 7.11 Å². The van der Waals surface area contributed by atoms with Gasteiger partial charge in [-0.2, -0.15) is 0 Å². The van der Waals surface area contributed by atoms with Gasteiger partial charge in [-0.3, -0.25) is 0 Å². The average Bonchev–Trinajstić information content (AvgIpc) is 2.29. The highest BCUT2D eigenvalue weighted by Gasteiger charge is 2.20. The smallest absolute Gasteiger partial charge is 0.422 e. The Kier molecular flexibility index (Phi) is 3.97. The highest BCUT2D eigenvalue weighted by Crippen LogP contribution is 2.14. The van der Waals surface area contributed by atoms with E-state index >= 15 is 0 Å². The molecular formula is C8H8F2N2O4S. The van der Waals surface area contributed by atoms with Crippen LogP contribution < -0.4 is 10.3 Å². The van der Waals surface area contributed by atoms with E-state index in [2.05, 4.69) is 4.74 Å². The number of amides is 1. The maximum atomic E-state index is 13.1. The molecule has 6 nitrogen and oxygen atoms in total. The summed E-state index contributed by atoms with van der Waals surface area (Å²) in [5.41, 5.74) is 1.63. The molecule has 0 bridgehead atoms. The van der Waals surface area contributed by atoms with E-state index in [-0.39, 0.29) is 0 Å². The Morgan fingerprint density at radius 2 is 2.00 bits per heavy atom. The second-order valence-electron chi connectivity index (χ2n) is 2.80. The molecule has 2 N–H and O–H groups in total. The summed E-state index contributed by atoms with van der Waals surface area (Å²) in [5, 5.41) is 0. The zero-order chi connectivity index (χ0) is 13.1. The van der Waals surface area contributed by atoms with Gasteiger partial charge in [0.1, 0.15) is 16.5 Å². The molecule has 0 aliphatic heterocycles. The molecule has 94 valence electrons. The molecule has 0 aliphatic rings. The van der Waals surface area contributed by atoms with Crippen LogP contribution in [0.5, 0.6) is 0 Å². The van der Waals surface area contributed by atoms with Crippen molar-refractivity contribution in [3.8, 4) is 0 Å². The Balaban J connectivity index is 2.97. The number of sulfonamides is 1. The Bertz CT molecular complexity index is 532. The summed E-state index contributed by atoms with van der Waals surface area (Å²) < 4.78 is 52.9. The lowest BCUT2D eigenvalue weighted by Gasteiger charge is -2.08. The van der Waals surface area contributed by atoms with Gasteiger partial charge in [0.05, 0.1) is 7.11 Å². The van der Waals surface area contributed by atoms with Crippen molar-refractivity contribution in [1.29, 1.82) is 0 Å². The molecule has 1 amide bonds. The Labute approximate surface area is 95.6 Å². The fourth-order valence-corrected chi connectivity index (χ4v) is 1.82. The van der Waals surface area contributed by atoms with Crippen molar-refractivity contribution < 1.29 is 26.7 Å². The van der Waals surface area contributed by atoms with E-state index in [9.17, 15) is 22.0 Å². The third kappa shape index (κ3) is 3.36. The number of hydrogen-bond acceptors (Lipinski definition) is 4. The van der Waals surface area contributed by atoms with Crippen LogP contribution in [0.25, 0.3) is 0 Å². The molecule has 1 rings (SSSR count). The second kappa shape index (κ2) is 5.06. The van der Waals surface area contributed by atoms with Crippen molar-refractivity contribution in [1.82, 2.24) is 10.3 Å². The molecule has 1 aromatic carbocycles. The van der Waals surface area contributed by atoms with Gasteiger partial charge in [-0.1, -0.05) is 0 Å². The summed E-state index contributed by atoms with van der Waals surface area (Å²) in [5.74, 6) is -2.07. The molecule has 0 heterocycles. The molecule has 0 radical (unpaired) electrons. The van der Waals surface area contributed by atoms with Gasteiger partial charge in [0, 0.05) is 0 Å². The number of ether oxygens (including phenoxy) is 1. The minimum atomic E-state index is -4.40. The quantitative estimate of drug-likeness (QED) is 0.781. The van der Waals surface area contributed by atoms with Crippen LogP contribution in [0.1, 0.15) is 0 Å². The molecule has 17 heavy (non-hydrogen) atoms. The SMILES string of the molecule is COC(=O)NNS(=O)(=O)c1cc(F)ccc1F. The first-order valence-electron chi connectivity index (χ1n) is 4.17. The number of hydrazine groups is 1. The van der Waals surface area contributed by atoms with Gasteiger partial charge >= 0.3 is 6.09 Å². The number of nitrogens with one attached hydrogen (secondary N) is 2. The summed E-state index contributed by atoms with van der Waals surface area (Å²) in [7, 11) is -3.39. The van der Waals surface area contributed by atoms with Crippen LogP contribution in [-0.4, -0.2) is 21.6 Å². The third-order valence-electron chi connectivity index (χ3n) is 1.66. The van der Waals surface area contributed by atoms with Gasteiger partial charge in [-0.15, -0.1) is 4.83 Å². The molecule has 0 spiro atoms. The maximum absolute atomic E-state index is 13.1. The topological polar surface area (TPSA) is 84.5 Å². The van der Waals surface area contributed by atoms with Crippen molar-refractivity contribution in [3.63, 3.8) is 0 Å². The first-order chi connectivity index (χ1) is 7.86. The van der Waals surface area contributed by atoms with Gasteiger partial charge in [-0.05, 0) is 18.2 Å². The molecule has 0 fully saturated rings. The van der Waals surface area contributed by atoms with E-state index in [0.717, 1.165) is 13.2 Å². The van der Waals surface area contributed by atoms with Crippen LogP contribution in [0.4, 0.5) is 13.6 Å². The first-order valence-corrected chi connectivity index (χ1v) is 5.66. The van der Waals surface area contributed by atoms with Crippen molar-refractivity contribution in [3.05, 3.63) is 29.8 Å². The van der Waals surface area contributed by atoms with E-state index < -0.39 is 32.6 Å². The summed E-state index contributed by atoms with van der Waals surface area (Å²) >= 11 is 0. The Morgan fingerprint density at radius 1 is 1.35 bits per heavy atom. The number of halogens is 2. The highest BCUT2D eigenvalue weighted by atomic mass is 32.2. The average molecular weight is 266 g/mol. The minimum Gasteiger partial charge on any atom is -0.452 e. The number of benzene rings is 1. The predicted octanol–water partition coefficient (Wildman–Crippen LogP) is 0.514. The molecular weight excluding hydrogens is 258 g/mol. The summed E-state index contributed by atoms with van der Waals surface area (Å²) in [6.07, 6.45) is -1.09. The van der Waals surface area contributed by atoms with E-state index in [1.54, 1.807) is 5.43 Å². The zero-order valence-corrected chi connectivity index (χ0v) is 9.35.